The number of amides is 1. The minimum absolute atomic E-state index is 0.128. The third-order valence-corrected chi connectivity index (χ3v) is 4.24. The van der Waals surface area contributed by atoms with Crippen LogP contribution in [0, 0.1) is 17.0 Å². The lowest BCUT2D eigenvalue weighted by atomic mass is 10.1. The van der Waals surface area contributed by atoms with Crippen molar-refractivity contribution in [2.24, 2.45) is 0 Å². The molecule has 0 fully saturated rings. The Hall–Kier alpha value is -1.56. The zero-order valence-corrected chi connectivity index (χ0v) is 13.6. The van der Waals surface area contributed by atoms with Crippen molar-refractivity contribution in [3.8, 4) is 0 Å². The molecule has 0 unspecified atom stereocenters. The Morgan fingerprint density at radius 1 is 1.33 bits per heavy atom. The van der Waals surface area contributed by atoms with Crippen LogP contribution in [0.15, 0.2) is 18.2 Å². The van der Waals surface area contributed by atoms with Crippen molar-refractivity contribution in [2.75, 3.05) is 24.6 Å². The number of nitro benzene ring substituents is 1. The van der Waals surface area contributed by atoms with Crippen LogP contribution in [0.5, 0.6) is 0 Å². The molecule has 0 saturated heterocycles. The van der Waals surface area contributed by atoms with E-state index in [1.807, 2.05) is 26.8 Å². The van der Waals surface area contributed by atoms with E-state index < -0.39 is 0 Å². The van der Waals surface area contributed by atoms with E-state index in [1.165, 1.54) is 11.8 Å². The van der Waals surface area contributed by atoms with E-state index >= 15 is 0 Å². The molecular formula is C15H22N2O3S. The standard InChI is InChI=1S/C15H22N2O3S/c1-4-16(5-2)15(18)11-21-9-8-13-7-6-12(3)10-14(13)17(19)20/h6-7,10H,4-5,8-9,11H2,1-3H3. The molecule has 1 aromatic carbocycles. The summed E-state index contributed by atoms with van der Waals surface area (Å²) in [6, 6.07) is 5.29. The maximum absolute atomic E-state index is 11.8. The molecule has 0 radical (unpaired) electrons. The third-order valence-electron chi connectivity index (χ3n) is 3.29. The maximum atomic E-state index is 11.8. The van der Waals surface area contributed by atoms with Crippen molar-refractivity contribution in [2.45, 2.75) is 27.2 Å². The van der Waals surface area contributed by atoms with E-state index in [4.69, 9.17) is 0 Å². The highest BCUT2D eigenvalue weighted by Gasteiger charge is 2.14. The Labute approximate surface area is 129 Å². The molecule has 0 aromatic heterocycles. The highest BCUT2D eigenvalue weighted by atomic mass is 32.2. The van der Waals surface area contributed by atoms with Crippen molar-refractivity contribution in [1.29, 1.82) is 0 Å². The van der Waals surface area contributed by atoms with Gasteiger partial charge in [0.05, 0.1) is 10.7 Å². The van der Waals surface area contributed by atoms with Crippen LogP contribution in [0.2, 0.25) is 0 Å². The Kier molecular flexibility index (Phi) is 7.22. The molecule has 0 heterocycles. The first-order chi connectivity index (χ1) is 9.99. The molecule has 0 bridgehead atoms. The number of nitrogens with zero attached hydrogens (tertiary/aromatic N) is 2. The highest BCUT2D eigenvalue weighted by molar-refractivity contribution is 7.99. The van der Waals surface area contributed by atoms with E-state index in [-0.39, 0.29) is 16.5 Å². The van der Waals surface area contributed by atoms with Crippen LogP contribution in [0.25, 0.3) is 0 Å². The van der Waals surface area contributed by atoms with Crippen molar-refractivity contribution < 1.29 is 9.72 Å². The number of benzene rings is 1. The first-order valence-corrected chi connectivity index (χ1v) is 8.24. The van der Waals surface area contributed by atoms with Crippen LogP contribution in [0.4, 0.5) is 5.69 Å². The second-order valence-corrected chi connectivity index (χ2v) is 5.86. The van der Waals surface area contributed by atoms with E-state index in [0.717, 1.165) is 24.2 Å². The van der Waals surface area contributed by atoms with Crippen LogP contribution >= 0.6 is 11.8 Å². The number of carbonyl (C=O) groups is 1. The molecule has 21 heavy (non-hydrogen) atoms. The fourth-order valence-electron chi connectivity index (χ4n) is 2.06. The Balaban J connectivity index is 2.50. The first kappa shape index (κ1) is 17.5. The summed E-state index contributed by atoms with van der Waals surface area (Å²) < 4.78 is 0. The zero-order valence-electron chi connectivity index (χ0n) is 12.8. The summed E-state index contributed by atoms with van der Waals surface area (Å²) in [6.45, 7) is 7.20. The number of thioether (sulfide) groups is 1. The lowest BCUT2D eigenvalue weighted by Crippen LogP contribution is -2.32. The van der Waals surface area contributed by atoms with Crippen molar-refractivity contribution >= 4 is 23.4 Å². The predicted octanol–water partition coefficient (Wildman–Crippen LogP) is 3.05. The summed E-state index contributed by atoms with van der Waals surface area (Å²) in [5.74, 6) is 1.27. The number of aryl methyl sites for hydroxylation is 2. The van der Waals surface area contributed by atoms with Gasteiger partial charge in [-0.2, -0.15) is 11.8 Å². The molecule has 0 N–H and O–H groups in total. The quantitative estimate of drug-likeness (QED) is 0.420. The normalized spacial score (nSPS) is 10.4. The maximum Gasteiger partial charge on any atom is 0.272 e. The summed E-state index contributed by atoms with van der Waals surface area (Å²) >= 11 is 1.53. The number of rotatable bonds is 8. The SMILES string of the molecule is CCN(CC)C(=O)CSCCc1ccc(C)cc1[N+](=O)[O-]. The summed E-state index contributed by atoms with van der Waals surface area (Å²) in [5, 5.41) is 11.0. The smallest absolute Gasteiger partial charge is 0.272 e. The molecular weight excluding hydrogens is 288 g/mol. The van der Waals surface area contributed by atoms with E-state index in [0.29, 0.717) is 17.9 Å². The van der Waals surface area contributed by atoms with Gasteiger partial charge in [0.2, 0.25) is 5.91 Å². The second-order valence-electron chi connectivity index (χ2n) is 4.76. The monoisotopic (exact) mass is 310 g/mol. The van der Waals surface area contributed by atoms with Crippen LogP contribution < -0.4 is 0 Å². The minimum atomic E-state index is -0.339. The van der Waals surface area contributed by atoms with Crippen molar-refractivity contribution in [3.05, 3.63) is 39.4 Å². The first-order valence-electron chi connectivity index (χ1n) is 7.09. The average molecular weight is 310 g/mol. The topological polar surface area (TPSA) is 63.5 Å². The molecule has 5 nitrogen and oxygen atoms in total. The Bertz CT molecular complexity index is 502. The third kappa shape index (κ3) is 5.38. The van der Waals surface area contributed by atoms with Gasteiger partial charge in [-0.25, -0.2) is 0 Å². The molecule has 0 aliphatic carbocycles. The van der Waals surface area contributed by atoms with Gasteiger partial charge >= 0.3 is 0 Å². The van der Waals surface area contributed by atoms with Gasteiger partial charge < -0.3 is 4.90 Å². The number of hydrogen-bond donors (Lipinski definition) is 0. The fourth-order valence-corrected chi connectivity index (χ4v) is 2.93. The largest absolute Gasteiger partial charge is 0.343 e. The molecule has 0 atom stereocenters. The van der Waals surface area contributed by atoms with Gasteiger partial charge in [-0.15, -0.1) is 0 Å². The molecule has 0 aliphatic heterocycles. The molecule has 1 amide bonds. The summed E-state index contributed by atoms with van der Waals surface area (Å²) in [6.07, 6.45) is 0.604. The lowest BCUT2D eigenvalue weighted by molar-refractivity contribution is -0.385. The summed E-state index contributed by atoms with van der Waals surface area (Å²) in [5.41, 5.74) is 1.79. The predicted molar refractivity (Wildman–Crippen MR) is 86.8 cm³/mol. The van der Waals surface area contributed by atoms with E-state index in [2.05, 4.69) is 0 Å². The Morgan fingerprint density at radius 3 is 2.57 bits per heavy atom. The molecule has 6 heteroatoms. The molecule has 1 aromatic rings. The van der Waals surface area contributed by atoms with Crippen LogP contribution in [-0.2, 0) is 11.2 Å². The minimum Gasteiger partial charge on any atom is -0.343 e. The summed E-state index contributed by atoms with van der Waals surface area (Å²) in [7, 11) is 0. The number of hydrogen-bond acceptors (Lipinski definition) is 4. The van der Waals surface area contributed by atoms with Crippen molar-refractivity contribution in [3.63, 3.8) is 0 Å². The molecule has 0 aliphatic rings. The van der Waals surface area contributed by atoms with E-state index in [1.54, 1.807) is 17.0 Å². The van der Waals surface area contributed by atoms with Crippen LogP contribution in [-0.4, -0.2) is 40.3 Å². The van der Waals surface area contributed by atoms with Gasteiger partial charge in [0.15, 0.2) is 0 Å². The van der Waals surface area contributed by atoms with Gasteiger partial charge in [0.25, 0.3) is 5.69 Å². The number of carbonyl (C=O) groups excluding carboxylic acids is 1. The highest BCUT2D eigenvalue weighted by Crippen LogP contribution is 2.21. The van der Waals surface area contributed by atoms with Crippen LogP contribution in [0.1, 0.15) is 25.0 Å². The van der Waals surface area contributed by atoms with Gasteiger partial charge in [0.1, 0.15) is 0 Å². The average Bonchev–Trinajstić information content (AvgIpc) is 2.45. The summed E-state index contributed by atoms with van der Waals surface area (Å²) in [4.78, 5) is 24.3. The zero-order chi connectivity index (χ0) is 15.8. The molecule has 0 spiro atoms. The van der Waals surface area contributed by atoms with E-state index in [9.17, 15) is 14.9 Å². The molecule has 1 rings (SSSR count). The lowest BCUT2D eigenvalue weighted by Gasteiger charge is -2.18. The second kappa shape index (κ2) is 8.67. The fraction of sp³-hybridized carbons (Fsp3) is 0.533. The van der Waals surface area contributed by atoms with Gasteiger partial charge in [-0.1, -0.05) is 12.1 Å². The molecule has 0 saturated carbocycles. The van der Waals surface area contributed by atoms with Crippen LogP contribution in [0.3, 0.4) is 0 Å². The molecule has 116 valence electrons. The van der Waals surface area contributed by atoms with Gasteiger partial charge in [-0.05, 0) is 38.5 Å². The van der Waals surface area contributed by atoms with Gasteiger partial charge in [-0.3, -0.25) is 14.9 Å². The Morgan fingerprint density at radius 2 is 2.00 bits per heavy atom. The number of nitro groups is 1. The van der Waals surface area contributed by atoms with Gasteiger partial charge in [0, 0.05) is 24.7 Å². The van der Waals surface area contributed by atoms with Crippen molar-refractivity contribution in [1.82, 2.24) is 4.90 Å².